The van der Waals surface area contributed by atoms with E-state index in [1.165, 1.54) is 6.92 Å². The van der Waals surface area contributed by atoms with E-state index in [2.05, 4.69) is 4.72 Å². The van der Waals surface area contributed by atoms with Gasteiger partial charge in [0.25, 0.3) is 5.69 Å². The normalized spacial score (nSPS) is 14.3. The maximum Gasteiger partial charge on any atom is 0.292 e. The summed E-state index contributed by atoms with van der Waals surface area (Å²) in [7, 11) is -4.32. The number of nitro benzene ring substituents is 1. The van der Waals surface area contributed by atoms with Crippen molar-refractivity contribution in [1.82, 2.24) is 4.72 Å². The summed E-state index contributed by atoms with van der Waals surface area (Å²) in [5.74, 6) is -0.922. The first-order valence-electron chi connectivity index (χ1n) is 5.54. The summed E-state index contributed by atoms with van der Waals surface area (Å²) in [6, 6.07) is 3.90. The molecule has 0 radical (unpaired) electrons. The molecule has 0 heterocycles. The second-order valence-electron chi connectivity index (χ2n) is 4.27. The summed E-state index contributed by atoms with van der Waals surface area (Å²) in [6.45, 7) is 2.94. The molecule has 1 unspecified atom stereocenters. The van der Waals surface area contributed by atoms with Crippen LogP contribution in [0.1, 0.15) is 20.3 Å². The van der Waals surface area contributed by atoms with Crippen LogP contribution in [0, 0.1) is 27.3 Å². The molecule has 0 spiro atoms. The molecule has 0 fully saturated rings. The van der Waals surface area contributed by atoms with Crippen LogP contribution < -0.4 is 4.72 Å². The predicted molar refractivity (Wildman–Crippen MR) is 67.7 cm³/mol. The molecule has 1 atom stereocenters. The zero-order valence-corrected chi connectivity index (χ0v) is 11.6. The first-order chi connectivity index (χ1) is 9.15. The fourth-order valence-corrected chi connectivity index (χ4v) is 2.94. The second-order valence-corrected chi connectivity index (χ2v) is 5.92. The average molecular weight is 301 g/mol. The number of hydrogen-bond acceptors (Lipinski definition) is 5. The number of nitro groups is 1. The zero-order valence-electron chi connectivity index (χ0n) is 10.8. The van der Waals surface area contributed by atoms with Gasteiger partial charge in [-0.1, -0.05) is 6.92 Å². The highest BCUT2D eigenvalue weighted by Crippen LogP contribution is 2.26. The van der Waals surface area contributed by atoms with E-state index in [-0.39, 0.29) is 6.42 Å². The summed E-state index contributed by atoms with van der Waals surface area (Å²) < 4.78 is 39.3. The molecule has 7 nitrogen and oxygen atoms in total. The fraction of sp³-hybridized carbons (Fsp3) is 0.364. The Morgan fingerprint density at radius 1 is 1.55 bits per heavy atom. The van der Waals surface area contributed by atoms with Gasteiger partial charge in [-0.15, -0.1) is 0 Å². The number of sulfonamides is 1. The molecule has 0 aliphatic carbocycles. The van der Waals surface area contributed by atoms with Gasteiger partial charge in [-0.05, 0) is 25.5 Å². The van der Waals surface area contributed by atoms with Crippen molar-refractivity contribution in [2.24, 2.45) is 0 Å². The van der Waals surface area contributed by atoms with Crippen LogP contribution in [0.2, 0.25) is 0 Å². The van der Waals surface area contributed by atoms with Crippen molar-refractivity contribution >= 4 is 15.7 Å². The van der Waals surface area contributed by atoms with E-state index >= 15 is 0 Å². The smallest absolute Gasteiger partial charge is 0.258 e. The Kier molecular flexibility index (Phi) is 4.42. The highest BCUT2D eigenvalue weighted by atomic mass is 32.2. The van der Waals surface area contributed by atoms with Crippen LogP contribution in [0.3, 0.4) is 0 Å². The van der Waals surface area contributed by atoms with Crippen LogP contribution in [-0.4, -0.2) is 18.9 Å². The van der Waals surface area contributed by atoms with Gasteiger partial charge in [-0.25, -0.2) is 12.8 Å². The molecular weight excluding hydrogens is 289 g/mol. The number of nitriles is 1. The van der Waals surface area contributed by atoms with E-state index in [1.807, 2.05) is 0 Å². The number of rotatable bonds is 5. The Morgan fingerprint density at radius 2 is 2.15 bits per heavy atom. The van der Waals surface area contributed by atoms with Gasteiger partial charge in [-0.3, -0.25) is 10.1 Å². The first-order valence-corrected chi connectivity index (χ1v) is 7.02. The Hall–Kier alpha value is -2.05. The lowest BCUT2D eigenvalue weighted by atomic mass is 10.0. The molecule has 0 bridgehead atoms. The van der Waals surface area contributed by atoms with E-state index in [9.17, 15) is 22.9 Å². The average Bonchev–Trinajstić information content (AvgIpc) is 2.37. The van der Waals surface area contributed by atoms with E-state index < -0.39 is 36.9 Å². The lowest BCUT2D eigenvalue weighted by Crippen LogP contribution is -2.44. The number of halogens is 1. The lowest BCUT2D eigenvalue weighted by Gasteiger charge is -2.20. The number of benzene rings is 1. The van der Waals surface area contributed by atoms with Crippen LogP contribution >= 0.6 is 0 Å². The molecule has 1 rings (SSSR count). The van der Waals surface area contributed by atoms with Gasteiger partial charge in [0.2, 0.25) is 10.0 Å². The van der Waals surface area contributed by atoms with Crippen molar-refractivity contribution in [3.8, 4) is 6.07 Å². The van der Waals surface area contributed by atoms with E-state index in [1.54, 1.807) is 13.0 Å². The summed E-state index contributed by atoms with van der Waals surface area (Å²) in [5, 5.41) is 19.8. The van der Waals surface area contributed by atoms with Crippen molar-refractivity contribution in [2.75, 3.05) is 0 Å². The molecule has 0 aliphatic rings. The molecule has 20 heavy (non-hydrogen) atoms. The number of hydrogen-bond donors (Lipinski definition) is 1. The predicted octanol–water partition coefficient (Wildman–Crippen LogP) is 1.70. The topological polar surface area (TPSA) is 113 Å². The fourth-order valence-electron chi connectivity index (χ4n) is 1.39. The Bertz CT molecular complexity index is 683. The van der Waals surface area contributed by atoms with Crippen molar-refractivity contribution in [2.45, 2.75) is 30.7 Å². The molecule has 0 aliphatic heterocycles. The third-order valence-electron chi connectivity index (χ3n) is 2.72. The summed E-state index contributed by atoms with van der Waals surface area (Å²) in [4.78, 5) is 9.13. The molecule has 0 amide bonds. The van der Waals surface area contributed by atoms with Crippen molar-refractivity contribution in [1.29, 1.82) is 5.26 Å². The number of nitrogens with one attached hydrogen (secondary N) is 1. The Labute approximate surface area is 115 Å². The van der Waals surface area contributed by atoms with Crippen molar-refractivity contribution < 1.29 is 17.7 Å². The molecule has 1 aromatic carbocycles. The van der Waals surface area contributed by atoms with Gasteiger partial charge < -0.3 is 0 Å². The van der Waals surface area contributed by atoms with Crippen LogP contribution in [0.5, 0.6) is 0 Å². The SMILES string of the molecule is CCC(C)(C#N)NS(=O)(=O)c1ccc(F)cc1[N+](=O)[O-]. The van der Waals surface area contributed by atoms with Crippen LogP contribution in [0.25, 0.3) is 0 Å². The quantitative estimate of drug-likeness (QED) is 0.657. The first kappa shape index (κ1) is 16.0. The molecule has 0 aromatic heterocycles. The molecule has 0 saturated heterocycles. The minimum absolute atomic E-state index is 0.164. The van der Waals surface area contributed by atoms with Gasteiger partial charge in [0.1, 0.15) is 11.4 Å². The monoisotopic (exact) mass is 301 g/mol. The summed E-state index contributed by atoms with van der Waals surface area (Å²) in [6.07, 6.45) is 0.164. The van der Waals surface area contributed by atoms with E-state index in [0.717, 1.165) is 12.1 Å². The van der Waals surface area contributed by atoms with E-state index in [0.29, 0.717) is 6.07 Å². The molecule has 1 N–H and O–H groups in total. The number of nitrogens with zero attached hydrogens (tertiary/aromatic N) is 2. The maximum atomic E-state index is 13.0. The zero-order chi connectivity index (χ0) is 15.6. The highest BCUT2D eigenvalue weighted by molar-refractivity contribution is 7.89. The van der Waals surface area contributed by atoms with Crippen LogP contribution in [0.4, 0.5) is 10.1 Å². The van der Waals surface area contributed by atoms with Gasteiger partial charge in [-0.2, -0.15) is 9.98 Å². The molecule has 9 heteroatoms. The van der Waals surface area contributed by atoms with Gasteiger partial charge in [0.15, 0.2) is 4.90 Å². The minimum atomic E-state index is -4.32. The van der Waals surface area contributed by atoms with Gasteiger partial charge in [0, 0.05) is 0 Å². The lowest BCUT2D eigenvalue weighted by molar-refractivity contribution is -0.388. The van der Waals surface area contributed by atoms with Crippen molar-refractivity contribution in [3.63, 3.8) is 0 Å². The van der Waals surface area contributed by atoms with Crippen LogP contribution in [-0.2, 0) is 10.0 Å². The standard InChI is InChI=1S/C11H12FN3O4S/c1-3-11(2,7-13)14-20(18,19)10-5-4-8(12)6-9(10)15(16)17/h4-6,14H,3H2,1-2H3. The molecule has 108 valence electrons. The van der Waals surface area contributed by atoms with Gasteiger partial charge in [0.05, 0.1) is 17.1 Å². The highest BCUT2D eigenvalue weighted by Gasteiger charge is 2.33. The van der Waals surface area contributed by atoms with Crippen LogP contribution in [0.15, 0.2) is 23.1 Å². The van der Waals surface area contributed by atoms with Crippen molar-refractivity contribution in [3.05, 3.63) is 34.1 Å². The largest absolute Gasteiger partial charge is 0.292 e. The maximum absolute atomic E-state index is 13.0. The Balaban J connectivity index is 3.38. The molecular formula is C11H12FN3O4S. The summed E-state index contributed by atoms with van der Waals surface area (Å²) >= 11 is 0. The van der Waals surface area contributed by atoms with Gasteiger partial charge >= 0.3 is 0 Å². The molecule has 0 saturated carbocycles. The molecule has 1 aromatic rings. The second kappa shape index (κ2) is 5.52. The Morgan fingerprint density at radius 3 is 2.60 bits per heavy atom. The third-order valence-corrected chi connectivity index (χ3v) is 4.36. The van der Waals surface area contributed by atoms with E-state index in [4.69, 9.17) is 5.26 Å². The summed E-state index contributed by atoms with van der Waals surface area (Å²) in [5.41, 5.74) is -2.28. The third kappa shape index (κ3) is 3.28. The minimum Gasteiger partial charge on any atom is -0.258 e.